The van der Waals surface area contributed by atoms with E-state index in [1.807, 2.05) is 32.0 Å². The van der Waals surface area contributed by atoms with Gasteiger partial charge in [-0.05, 0) is 30.5 Å². The summed E-state index contributed by atoms with van der Waals surface area (Å²) < 4.78 is 0. The highest BCUT2D eigenvalue weighted by Crippen LogP contribution is 2.29. The lowest BCUT2D eigenvalue weighted by atomic mass is 10.1. The molecule has 1 amide bonds. The molecule has 3 N–H and O–H groups in total. The number of nitrogens with zero attached hydrogens (tertiary/aromatic N) is 3. The molecule has 0 atom stereocenters. The van der Waals surface area contributed by atoms with Gasteiger partial charge >= 0.3 is 0 Å². The van der Waals surface area contributed by atoms with Gasteiger partial charge in [0.1, 0.15) is 0 Å². The highest BCUT2D eigenvalue weighted by Gasteiger charge is 2.21. The highest BCUT2D eigenvalue weighted by atomic mass is 32.1. The molecule has 0 unspecified atom stereocenters. The number of nitrogens with one attached hydrogen (secondary N) is 1. The first-order chi connectivity index (χ1) is 12.0. The van der Waals surface area contributed by atoms with Gasteiger partial charge in [0, 0.05) is 18.1 Å². The number of aromatic hydroxyl groups is 2. The Hall–Kier alpha value is -3.00. The second kappa shape index (κ2) is 6.86. The third-order valence-electron chi connectivity index (χ3n) is 3.73. The van der Waals surface area contributed by atoms with Gasteiger partial charge in [0.25, 0.3) is 11.8 Å². The van der Waals surface area contributed by atoms with E-state index < -0.39 is 17.5 Å². The highest BCUT2D eigenvalue weighted by molar-refractivity contribution is 7.13. The molecule has 128 valence electrons. The Kier molecular flexibility index (Phi) is 4.62. The van der Waals surface area contributed by atoms with Gasteiger partial charge < -0.3 is 15.5 Å². The molecule has 8 heteroatoms. The first kappa shape index (κ1) is 16.8. The van der Waals surface area contributed by atoms with Gasteiger partial charge in [0.2, 0.25) is 5.75 Å². The van der Waals surface area contributed by atoms with Crippen molar-refractivity contribution in [1.82, 2.24) is 20.3 Å². The maximum atomic E-state index is 12.4. The predicted octanol–water partition coefficient (Wildman–Crippen LogP) is 2.56. The van der Waals surface area contributed by atoms with Crippen molar-refractivity contribution in [2.24, 2.45) is 0 Å². The summed E-state index contributed by atoms with van der Waals surface area (Å²) in [4.78, 5) is 24.2. The van der Waals surface area contributed by atoms with Gasteiger partial charge in [0.05, 0.1) is 0 Å². The number of rotatable bonds is 4. The number of benzene rings is 1. The van der Waals surface area contributed by atoms with Gasteiger partial charge in [-0.3, -0.25) is 4.79 Å². The van der Waals surface area contributed by atoms with E-state index in [-0.39, 0.29) is 18.1 Å². The van der Waals surface area contributed by atoms with E-state index in [2.05, 4.69) is 20.3 Å². The van der Waals surface area contributed by atoms with Crippen molar-refractivity contribution in [3.05, 3.63) is 52.2 Å². The summed E-state index contributed by atoms with van der Waals surface area (Å²) in [5.74, 6) is -1.83. The van der Waals surface area contributed by atoms with E-state index in [0.717, 1.165) is 11.1 Å². The Labute approximate surface area is 148 Å². The molecule has 7 nitrogen and oxygen atoms in total. The first-order valence-electron chi connectivity index (χ1n) is 7.50. The molecule has 2 aromatic heterocycles. The maximum Gasteiger partial charge on any atom is 0.274 e. The van der Waals surface area contributed by atoms with Crippen LogP contribution < -0.4 is 5.32 Å². The van der Waals surface area contributed by atoms with Crippen LogP contribution in [0.4, 0.5) is 0 Å². The van der Waals surface area contributed by atoms with Crippen LogP contribution in [0.15, 0.2) is 29.8 Å². The number of hydrogen-bond donors (Lipinski definition) is 3. The number of aryl methyl sites for hydroxylation is 2. The van der Waals surface area contributed by atoms with Gasteiger partial charge in [-0.1, -0.05) is 18.2 Å². The van der Waals surface area contributed by atoms with Gasteiger partial charge in [-0.2, -0.15) is 4.98 Å². The van der Waals surface area contributed by atoms with E-state index in [4.69, 9.17) is 0 Å². The Morgan fingerprint density at radius 3 is 2.68 bits per heavy atom. The summed E-state index contributed by atoms with van der Waals surface area (Å²) in [6, 6.07) is 5.88. The molecular weight excluding hydrogens is 340 g/mol. The summed E-state index contributed by atoms with van der Waals surface area (Å²) >= 11 is 1.26. The van der Waals surface area contributed by atoms with Crippen molar-refractivity contribution >= 4 is 17.2 Å². The van der Waals surface area contributed by atoms with Crippen molar-refractivity contribution in [3.63, 3.8) is 0 Å². The SMILES string of the molecule is Cc1ccc(CNC(=O)c2nc(-c3nccs3)nc(O)c2O)cc1C. The zero-order chi connectivity index (χ0) is 18.0. The third-order valence-corrected chi connectivity index (χ3v) is 4.50. The predicted molar refractivity (Wildman–Crippen MR) is 93.6 cm³/mol. The molecule has 0 aliphatic heterocycles. The number of hydrogen-bond acceptors (Lipinski definition) is 7. The number of carbonyl (C=O) groups is 1. The molecule has 0 spiro atoms. The Morgan fingerprint density at radius 1 is 1.20 bits per heavy atom. The van der Waals surface area contributed by atoms with Crippen molar-refractivity contribution in [2.75, 3.05) is 0 Å². The lowest BCUT2D eigenvalue weighted by Crippen LogP contribution is -2.24. The molecule has 0 saturated heterocycles. The van der Waals surface area contributed by atoms with Crippen LogP contribution in [0.5, 0.6) is 11.6 Å². The summed E-state index contributed by atoms with van der Waals surface area (Å²) in [5.41, 5.74) is 2.93. The molecule has 0 radical (unpaired) electrons. The molecule has 0 aliphatic carbocycles. The number of carbonyl (C=O) groups excluding carboxylic acids is 1. The zero-order valence-electron chi connectivity index (χ0n) is 13.6. The van der Waals surface area contributed by atoms with Crippen LogP contribution in [0.2, 0.25) is 0 Å². The molecule has 0 bridgehead atoms. The average molecular weight is 356 g/mol. The third kappa shape index (κ3) is 3.58. The fourth-order valence-corrected chi connectivity index (χ4v) is 2.78. The quantitative estimate of drug-likeness (QED) is 0.663. The van der Waals surface area contributed by atoms with Gasteiger partial charge in [0.15, 0.2) is 16.5 Å². The Morgan fingerprint density at radius 2 is 2.00 bits per heavy atom. The van der Waals surface area contributed by atoms with Crippen LogP contribution in [-0.4, -0.2) is 31.1 Å². The largest absolute Gasteiger partial charge is 0.501 e. The van der Waals surface area contributed by atoms with Crippen molar-refractivity contribution in [2.45, 2.75) is 20.4 Å². The summed E-state index contributed by atoms with van der Waals surface area (Å²) in [6.07, 6.45) is 1.56. The molecule has 3 rings (SSSR count). The second-order valence-electron chi connectivity index (χ2n) is 5.51. The standard InChI is InChI=1S/C17H16N4O3S/c1-9-3-4-11(7-10(9)2)8-19-15(23)12-13(22)16(24)21-14(20-12)17-18-5-6-25-17/h3-7,22H,8H2,1-2H3,(H,19,23)(H,20,21,24). The van der Waals surface area contributed by atoms with Gasteiger partial charge in [-0.25, -0.2) is 9.97 Å². The molecule has 2 heterocycles. The molecule has 3 aromatic rings. The molecule has 0 aliphatic rings. The van der Waals surface area contributed by atoms with Crippen LogP contribution in [0.3, 0.4) is 0 Å². The summed E-state index contributed by atoms with van der Waals surface area (Å²) in [5, 5.41) is 24.5. The lowest BCUT2D eigenvalue weighted by Gasteiger charge is -2.09. The first-order valence-corrected chi connectivity index (χ1v) is 8.38. The average Bonchev–Trinajstić information content (AvgIpc) is 3.12. The van der Waals surface area contributed by atoms with Crippen LogP contribution in [0.1, 0.15) is 27.2 Å². The minimum atomic E-state index is -0.656. The summed E-state index contributed by atoms with van der Waals surface area (Å²) in [6.45, 7) is 4.28. The molecular formula is C17H16N4O3S. The van der Waals surface area contributed by atoms with E-state index in [1.54, 1.807) is 11.6 Å². The van der Waals surface area contributed by atoms with E-state index >= 15 is 0 Å². The fourth-order valence-electron chi connectivity index (χ4n) is 2.21. The topological polar surface area (TPSA) is 108 Å². The minimum Gasteiger partial charge on any atom is -0.501 e. The van der Waals surface area contributed by atoms with E-state index in [1.165, 1.54) is 16.9 Å². The Bertz CT molecular complexity index is 926. The lowest BCUT2D eigenvalue weighted by molar-refractivity contribution is 0.0942. The van der Waals surface area contributed by atoms with Crippen LogP contribution >= 0.6 is 11.3 Å². The van der Waals surface area contributed by atoms with Crippen molar-refractivity contribution < 1.29 is 15.0 Å². The fraction of sp³-hybridized carbons (Fsp3) is 0.176. The number of amides is 1. The van der Waals surface area contributed by atoms with E-state index in [9.17, 15) is 15.0 Å². The molecule has 0 saturated carbocycles. The molecule has 0 fully saturated rings. The minimum absolute atomic E-state index is 0.0848. The maximum absolute atomic E-state index is 12.4. The van der Waals surface area contributed by atoms with E-state index in [0.29, 0.717) is 5.01 Å². The Balaban J connectivity index is 1.82. The van der Waals surface area contributed by atoms with Crippen molar-refractivity contribution in [3.8, 4) is 22.5 Å². The second-order valence-corrected chi connectivity index (χ2v) is 6.40. The van der Waals surface area contributed by atoms with Crippen molar-refractivity contribution in [1.29, 1.82) is 0 Å². The monoisotopic (exact) mass is 356 g/mol. The van der Waals surface area contributed by atoms with Gasteiger partial charge in [-0.15, -0.1) is 11.3 Å². The molecule has 1 aromatic carbocycles. The summed E-state index contributed by atoms with van der Waals surface area (Å²) in [7, 11) is 0. The normalized spacial score (nSPS) is 10.6. The van der Waals surface area contributed by atoms with Crippen LogP contribution in [0.25, 0.3) is 10.8 Å². The molecule has 25 heavy (non-hydrogen) atoms. The number of thiazole rings is 1. The van der Waals surface area contributed by atoms with Crippen LogP contribution in [-0.2, 0) is 6.54 Å². The number of aromatic nitrogens is 3. The van der Waals surface area contributed by atoms with Crippen LogP contribution in [0, 0.1) is 13.8 Å². The zero-order valence-corrected chi connectivity index (χ0v) is 14.5. The smallest absolute Gasteiger partial charge is 0.274 e.